The van der Waals surface area contributed by atoms with Gasteiger partial charge in [0, 0.05) is 26.7 Å². The summed E-state index contributed by atoms with van der Waals surface area (Å²) >= 11 is 0. The standard InChI is InChI=1S/C7H13N2O2/c1-11-6-4-9(5-6)3-2-7(8)10/h2,6H,3-5H2,1H3,(H2,8,10). The summed E-state index contributed by atoms with van der Waals surface area (Å²) < 4.78 is 5.05. The fraction of sp³-hybridized carbons (Fsp3) is 0.714. The van der Waals surface area contributed by atoms with E-state index >= 15 is 0 Å². The molecule has 0 saturated carbocycles. The number of primary amides is 1. The first-order valence-electron chi connectivity index (χ1n) is 3.60. The third-order valence-corrected chi connectivity index (χ3v) is 1.81. The predicted octanol–water partition coefficient (Wildman–Crippen LogP) is -0.993. The van der Waals surface area contributed by atoms with E-state index < -0.39 is 0 Å². The van der Waals surface area contributed by atoms with Crippen LogP contribution in [0.4, 0.5) is 0 Å². The van der Waals surface area contributed by atoms with Crippen LogP contribution in [-0.4, -0.2) is 43.7 Å². The zero-order chi connectivity index (χ0) is 8.27. The van der Waals surface area contributed by atoms with Crippen molar-refractivity contribution in [3.63, 3.8) is 0 Å². The Morgan fingerprint density at radius 2 is 2.45 bits per heavy atom. The molecule has 2 N–H and O–H groups in total. The molecule has 0 aromatic rings. The SMILES string of the molecule is COC1CN(C[CH]C(N)=O)C1. The van der Waals surface area contributed by atoms with Gasteiger partial charge in [0.05, 0.1) is 12.5 Å². The summed E-state index contributed by atoms with van der Waals surface area (Å²) in [5.74, 6) is -0.356. The summed E-state index contributed by atoms with van der Waals surface area (Å²) in [5.41, 5.74) is 4.93. The van der Waals surface area contributed by atoms with Gasteiger partial charge in [0.2, 0.25) is 5.91 Å². The second kappa shape index (κ2) is 3.69. The molecule has 1 aliphatic heterocycles. The molecule has 0 aromatic carbocycles. The van der Waals surface area contributed by atoms with Gasteiger partial charge in [0.25, 0.3) is 0 Å². The minimum absolute atomic E-state index is 0.344. The van der Waals surface area contributed by atoms with Gasteiger partial charge in [-0.25, -0.2) is 0 Å². The molecule has 0 atom stereocenters. The van der Waals surface area contributed by atoms with Crippen molar-refractivity contribution in [2.24, 2.45) is 5.73 Å². The Kier molecular flexibility index (Phi) is 2.84. The minimum Gasteiger partial charge on any atom is -0.379 e. The molecule has 1 saturated heterocycles. The zero-order valence-corrected chi connectivity index (χ0v) is 6.62. The van der Waals surface area contributed by atoms with Crippen molar-refractivity contribution in [2.75, 3.05) is 26.7 Å². The number of carbonyl (C=O) groups excluding carboxylic acids is 1. The summed E-state index contributed by atoms with van der Waals surface area (Å²) in [6.07, 6.45) is 1.82. The van der Waals surface area contributed by atoms with E-state index in [0.29, 0.717) is 12.6 Å². The molecule has 0 aromatic heterocycles. The number of amides is 1. The number of ether oxygens (including phenoxy) is 1. The maximum Gasteiger partial charge on any atom is 0.222 e. The Hall–Kier alpha value is -0.610. The number of likely N-dealkylation sites (tertiary alicyclic amines) is 1. The number of carbonyl (C=O) groups is 1. The van der Waals surface area contributed by atoms with Gasteiger partial charge in [0.1, 0.15) is 0 Å². The second-order valence-electron chi connectivity index (χ2n) is 2.68. The Labute approximate surface area is 66.3 Å². The number of methoxy groups -OCH3 is 1. The topological polar surface area (TPSA) is 55.6 Å². The third-order valence-electron chi connectivity index (χ3n) is 1.81. The highest BCUT2D eigenvalue weighted by molar-refractivity contribution is 5.83. The van der Waals surface area contributed by atoms with Crippen LogP contribution in [0.15, 0.2) is 0 Å². The molecule has 1 amide bonds. The van der Waals surface area contributed by atoms with Gasteiger partial charge < -0.3 is 10.5 Å². The summed E-state index contributed by atoms with van der Waals surface area (Å²) in [6.45, 7) is 2.45. The maximum absolute atomic E-state index is 10.3. The molecule has 1 heterocycles. The summed E-state index contributed by atoms with van der Waals surface area (Å²) in [7, 11) is 1.69. The molecule has 0 aliphatic carbocycles. The van der Waals surface area contributed by atoms with Gasteiger partial charge in [-0.2, -0.15) is 0 Å². The number of rotatable bonds is 4. The van der Waals surface area contributed by atoms with Crippen molar-refractivity contribution >= 4 is 5.91 Å². The first-order valence-corrected chi connectivity index (χ1v) is 3.60. The first kappa shape index (κ1) is 8.49. The quantitative estimate of drug-likeness (QED) is 0.570. The lowest BCUT2D eigenvalue weighted by atomic mass is 10.1. The second-order valence-corrected chi connectivity index (χ2v) is 2.68. The van der Waals surface area contributed by atoms with Crippen LogP contribution in [0.2, 0.25) is 0 Å². The molecule has 0 spiro atoms. The lowest BCUT2D eigenvalue weighted by Gasteiger charge is -2.37. The van der Waals surface area contributed by atoms with Crippen molar-refractivity contribution in [1.82, 2.24) is 4.90 Å². The van der Waals surface area contributed by atoms with Crippen molar-refractivity contribution in [2.45, 2.75) is 6.10 Å². The van der Waals surface area contributed by atoms with Gasteiger partial charge in [-0.1, -0.05) is 0 Å². The Morgan fingerprint density at radius 3 is 2.91 bits per heavy atom. The summed E-state index contributed by atoms with van der Waals surface area (Å²) in [6, 6.07) is 0. The van der Waals surface area contributed by atoms with Crippen LogP contribution in [0.1, 0.15) is 0 Å². The van der Waals surface area contributed by atoms with Crippen LogP contribution in [-0.2, 0) is 9.53 Å². The van der Waals surface area contributed by atoms with Gasteiger partial charge in [-0.15, -0.1) is 0 Å². The fourth-order valence-electron chi connectivity index (χ4n) is 1.04. The molecule has 4 nitrogen and oxygen atoms in total. The average Bonchev–Trinajstić information content (AvgIpc) is 1.84. The van der Waals surface area contributed by atoms with E-state index in [1.165, 1.54) is 6.42 Å². The van der Waals surface area contributed by atoms with Crippen LogP contribution < -0.4 is 5.73 Å². The number of hydrogen-bond acceptors (Lipinski definition) is 3. The lowest BCUT2D eigenvalue weighted by molar-refractivity contribution is -0.115. The molecule has 63 valence electrons. The van der Waals surface area contributed by atoms with E-state index in [-0.39, 0.29) is 5.91 Å². The summed E-state index contributed by atoms with van der Waals surface area (Å²) in [5, 5.41) is 0. The van der Waals surface area contributed by atoms with E-state index in [1.807, 2.05) is 0 Å². The highest BCUT2D eigenvalue weighted by Crippen LogP contribution is 2.09. The third kappa shape index (κ3) is 2.48. The van der Waals surface area contributed by atoms with Crippen LogP contribution in [0.3, 0.4) is 0 Å². The Morgan fingerprint density at radius 1 is 1.82 bits per heavy atom. The molecular formula is C7H13N2O2. The Bertz CT molecular complexity index is 143. The van der Waals surface area contributed by atoms with E-state index in [9.17, 15) is 4.79 Å². The van der Waals surface area contributed by atoms with E-state index in [2.05, 4.69) is 4.90 Å². The number of nitrogens with zero attached hydrogens (tertiary/aromatic N) is 1. The smallest absolute Gasteiger partial charge is 0.222 e. The Balaban J connectivity index is 2.00. The van der Waals surface area contributed by atoms with Crippen LogP contribution in [0.5, 0.6) is 0 Å². The average molecular weight is 157 g/mol. The van der Waals surface area contributed by atoms with Gasteiger partial charge in [-0.3, -0.25) is 9.69 Å². The molecular weight excluding hydrogens is 144 g/mol. The molecule has 11 heavy (non-hydrogen) atoms. The predicted molar refractivity (Wildman–Crippen MR) is 40.7 cm³/mol. The molecule has 1 radical (unpaired) electrons. The highest BCUT2D eigenvalue weighted by atomic mass is 16.5. The number of hydrogen-bond donors (Lipinski definition) is 1. The normalized spacial score (nSPS) is 19.7. The lowest BCUT2D eigenvalue weighted by Crippen LogP contribution is -2.52. The van der Waals surface area contributed by atoms with Crippen LogP contribution >= 0.6 is 0 Å². The van der Waals surface area contributed by atoms with Crippen molar-refractivity contribution in [3.8, 4) is 0 Å². The minimum atomic E-state index is -0.356. The van der Waals surface area contributed by atoms with Gasteiger partial charge in [0.15, 0.2) is 0 Å². The van der Waals surface area contributed by atoms with Crippen molar-refractivity contribution in [3.05, 3.63) is 6.42 Å². The first-order chi connectivity index (χ1) is 5.22. The monoisotopic (exact) mass is 157 g/mol. The fourth-order valence-corrected chi connectivity index (χ4v) is 1.04. The highest BCUT2D eigenvalue weighted by Gasteiger charge is 2.25. The van der Waals surface area contributed by atoms with Crippen LogP contribution in [0, 0.1) is 6.42 Å². The molecule has 0 unspecified atom stereocenters. The van der Waals surface area contributed by atoms with E-state index in [0.717, 1.165) is 13.1 Å². The molecule has 1 rings (SSSR count). The maximum atomic E-state index is 10.3. The van der Waals surface area contributed by atoms with Gasteiger partial charge in [-0.05, 0) is 0 Å². The van der Waals surface area contributed by atoms with Crippen molar-refractivity contribution in [1.29, 1.82) is 0 Å². The van der Waals surface area contributed by atoms with E-state index in [1.54, 1.807) is 7.11 Å². The van der Waals surface area contributed by atoms with Gasteiger partial charge >= 0.3 is 0 Å². The number of nitrogens with two attached hydrogens (primary N) is 1. The molecule has 1 aliphatic rings. The molecule has 4 heteroatoms. The van der Waals surface area contributed by atoms with E-state index in [4.69, 9.17) is 10.5 Å². The van der Waals surface area contributed by atoms with Crippen molar-refractivity contribution < 1.29 is 9.53 Å². The molecule has 1 fully saturated rings. The largest absolute Gasteiger partial charge is 0.379 e. The zero-order valence-electron chi connectivity index (χ0n) is 6.62. The molecule has 0 bridgehead atoms. The van der Waals surface area contributed by atoms with Crippen LogP contribution in [0.25, 0.3) is 0 Å². The summed E-state index contributed by atoms with van der Waals surface area (Å²) in [4.78, 5) is 12.4.